The van der Waals surface area contributed by atoms with Crippen molar-refractivity contribution in [3.05, 3.63) is 59.7 Å². The van der Waals surface area contributed by atoms with E-state index in [0.717, 1.165) is 11.3 Å². The fraction of sp³-hybridized carbons (Fsp3) is 0.350. The van der Waals surface area contributed by atoms with Crippen LogP contribution in [0.5, 0.6) is 5.75 Å². The molecule has 2 aliphatic heterocycles. The SMILES string of the molecule is O=C(N[C@H]1CCOc2ccccc21)c1cccc(S(=O)(=O)N2CCOCC2)c1. The summed E-state index contributed by atoms with van der Waals surface area (Å²) >= 11 is 0. The van der Waals surface area contributed by atoms with E-state index in [1.165, 1.54) is 16.4 Å². The number of hydrogen-bond donors (Lipinski definition) is 1. The van der Waals surface area contributed by atoms with Crippen molar-refractivity contribution in [1.29, 1.82) is 0 Å². The van der Waals surface area contributed by atoms with Crippen molar-refractivity contribution >= 4 is 15.9 Å². The Morgan fingerprint density at radius 3 is 2.64 bits per heavy atom. The molecule has 2 heterocycles. The second-order valence-electron chi connectivity index (χ2n) is 6.75. The molecule has 1 atom stereocenters. The molecule has 2 aromatic carbocycles. The zero-order valence-corrected chi connectivity index (χ0v) is 16.2. The normalized spacial score (nSPS) is 20.1. The molecule has 28 heavy (non-hydrogen) atoms. The molecule has 0 unspecified atom stereocenters. The van der Waals surface area contributed by atoms with Gasteiger partial charge in [-0.3, -0.25) is 4.79 Å². The van der Waals surface area contributed by atoms with Crippen LogP contribution in [0.15, 0.2) is 53.4 Å². The molecule has 0 aliphatic carbocycles. The van der Waals surface area contributed by atoms with Crippen LogP contribution < -0.4 is 10.1 Å². The minimum Gasteiger partial charge on any atom is -0.493 e. The predicted molar refractivity (Wildman–Crippen MR) is 103 cm³/mol. The summed E-state index contributed by atoms with van der Waals surface area (Å²) in [4.78, 5) is 12.9. The van der Waals surface area contributed by atoms with E-state index in [-0.39, 0.29) is 16.8 Å². The van der Waals surface area contributed by atoms with Gasteiger partial charge in [0, 0.05) is 30.6 Å². The Bertz CT molecular complexity index is 970. The molecule has 148 valence electrons. The highest BCUT2D eigenvalue weighted by molar-refractivity contribution is 7.89. The average Bonchev–Trinajstić information content (AvgIpc) is 2.75. The molecule has 7 nitrogen and oxygen atoms in total. The van der Waals surface area contributed by atoms with E-state index in [1.807, 2.05) is 24.3 Å². The number of rotatable bonds is 4. The first-order valence-electron chi connectivity index (χ1n) is 9.26. The number of fused-ring (bicyclic) bond motifs is 1. The van der Waals surface area contributed by atoms with Crippen molar-refractivity contribution in [1.82, 2.24) is 9.62 Å². The third-order valence-electron chi connectivity index (χ3n) is 4.97. The Kier molecular flexibility index (Phi) is 5.34. The zero-order chi connectivity index (χ0) is 19.6. The topological polar surface area (TPSA) is 84.9 Å². The lowest BCUT2D eigenvalue weighted by molar-refractivity contribution is 0.0730. The predicted octanol–water partition coefficient (Wildman–Crippen LogP) is 1.96. The van der Waals surface area contributed by atoms with E-state index >= 15 is 0 Å². The molecular weight excluding hydrogens is 380 g/mol. The molecule has 0 spiro atoms. The second kappa shape index (κ2) is 7.90. The Morgan fingerprint density at radius 2 is 1.82 bits per heavy atom. The van der Waals surface area contributed by atoms with E-state index in [0.29, 0.717) is 44.9 Å². The van der Waals surface area contributed by atoms with E-state index in [1.54, 1.807) is 12.1 Å². The fourth-order valence-electron chi connectivity index (χ4n) is 3.47. The first kappa shape index (κ1) is 18.9. The van der Waals surface area contributed by atoms with Crippen LogP contribution in [0.4, 0.5) is 0 Å². The van der Waals surface area contributed by atoms with Crippen molar-refractivity contribution < 1.29 is 22.7 Å². The number of ether oxygens (including phenoxy) is 2. The molecule has 2 aliphatic rings. The minimum absolute atomic E-state index is 0.120. The fourth-order valence-corrected chi connectivity index (χ4v) is 4.92. The van der Waals surface area contributed by atoms with Crippen LogP contribution in [0.2, 0.25) is 0 Å². The van der Waals surface area contributed by atoms with Crippen LogP contribution in [-0.4, -0.2) is 51.5 Å². The maximum Gasteiger partial charge on any atom is 0.251 e. The van der Waals surface area contributed by atoms with Gasteiger partial charge in [0.1, 0.15) is 5.75 Å². The van der Waals surface area contributed by atoms with Crippen molar-refractivity contribution in [2.75, 3.05) is 32.9 Å². The van der Waals surface area contributed by atoms with Crippen LogP contribution in [-0.2, 0) is 14.8 Å². The molecule has 2 aromatic rings. The molecule has 1 amide bonds. The number of amides is 1. The van der Waals surface area contributed by atoms with Gasteiger partial charge in [-0.1, -0.05) is 24.3 Å². The van der Waals surface area contributed by atoms with Gasteiger partial charge in [0.25, 0.3) is 5.91 Å². The van der Waals surface area contributed by atoms with Gasteiger partial charge in [0.05, 0.1) is 30.8 Å². The zero-order valence-electron chi connectivity index (χ0n) is 15.3. The highest BCUT2D eigenvalue weighted by atomic mass is 32.2. The van der Waals surface area contributed by atoms with Gasteiger partial charge in [-0.15, -0.1) is 0 Å². The van der Waals surface area contributed by atoms with Gasteiger partial charge in [0.2, 0.25) is 10.0 Å². The van der Waals surface area contributed by atoms with Crippen LogP contribution in [0.3, 0.4) is 0 Å². The van der Waals surface area contributed by atoms with Crippen molar-refractivity contribution in [3.8, 4) is 5.75 Å². The Balaban J connectivity index is 1.54. The maximum atomic E-state index is 12.8. The van der Waals surface area contributed by atoms with Crippen molar-refractivity contribution in [2.45, 2.75) is 17.4 Å². The van der Waals surface area contributed by atoms with Crippen molar-refractivity contribution in [2.24, 2.45) is 0 Å². The lowest BCUT2D eigenvalue weighted by Gasteiger charge is -2.27. The second-order valence-corrected chi connectivity index (χ2v) is 8.68. The monoisotopic (exact) mass is 402 g/mol. The molecule has 4 rings (SSSR count). The molecule has 8 heteroatoms. The number of benzene rings is 2. The summed E-state index contributed by atoms with van der Waals surface area (Å²) in [5.41, 5.74) is 1.25. The first-order valence-corrected chi connectivity index (χ1v) is 10.7. The summed E-state index contributed by atoms with van der Waals surface area (Å²) in [6.45, 7) is 1.91. The highest BCUT2D eigenvalue weighted by Gasteiger charge is 2.28. The first-order chi connectivity index (χ1) is 13.6. The number of nitrogens with zero attached hydrogens (tertiary/aromatic N) is 1. The van der Waals surface area contributed by atoms with Crippen LogP contribution in [0, 0.1) is 0 Å². The number of hydrogen-bond acceptors (Lipinski definition) is 5. The van der Waals surface area contributed by atoms with Gasteiger partial charge in [0.15, 0.2) is 0 Å². The summed E-state index contributed by atoms with van der Waals surface area (Å²) in [6.07, 6.45) is 0.661. The summed E-state index contributed by atoms with van der Waals surface area (Å²) in [5, 5.41) is 3.00. The number of sulfonamides is 1. The summed E-state index contributed by atoms with van der Waals surface area (Å²) in [6, 6.07) is 13.6. The van der Waals surface area contributed by atoms with Gasteiger partial charge >= 0.3 is 0 Å². The van der Waals surface area contributed by atoms with Gasteiger partial charge < -0.3 is 14.8 Å². The lowest BCUT2D eigenvalue weighted by Crippen LogP contribution is -2.40. The summed E-state index contributed by atoms with van der Waals surface area (Å²) < 4.78 is 37.9. The number of carbonyl (C=O) groups excluding carboxylic acids is 1. The Hall–Kier alpha value is -2.42. The lowest BCUT2D eigenvalue weighted by atomic mass is 10.00. The van der Waals surface area contributed by atoms with Crippen LogP contribution in [0.1, 0.15) is 28.4 Å². The quantitative estimate of drug-likeness (QED) is 0.845. The molecule has 1 fully saturated rings. The highest BCUT2D eigenvalue weighted by Crippen LogP contribution is 2.31. The van der Waals surface area contributed by atoms with Gasteiger partial charge in [-0.25, -0.2) is 8.42 Å². The number of morpholine rings is 1. The summed E-state index contributed by atoms with van der Waals surface area (Å²) in [7, 11) is -3.65. The van der Waals surface area contributed by atoms with Gasteiger partial charge in [-0.05, 0) is 24.3 Å². The van der Waals surface area contributed by atoms with E-state index in [2.05, 4.69) is 5.32 Å². The van der Waals surface area contributed by atoms with Crippen LogP contribution in [0.25, 0.3) is 0 Å². The average molecular weight is 402 g/mol. The van der Waals surface area contributed by atoms with E-state index in [4.69, 9.17) is 9.47 Å². The largest absolute Gasteiger partial charge is 0.493 e. The van der Waals surface area contributed by atoms with Crippen LogP contribution >= 0.6 is 0 Å². The Labute approximate surface area is 164 Å². The number of para-hydroxylation sites is 1. The van der Waals surface area contributed by atoms with E-state index in [9.17, 15) is 13.2 Å². The molecular formula is C20H22N2O5S. The minimum atomic E-state index is -3.65. The Morgan fingerprint density at radius 1 is 1.04 bits per heavy atom. The van der Waals surface area contributed by atoms with Gasteiger partial charge in [-0.2, -0.15) is 4.31 Å². The summed E-state index contributed by atoms with van der Waals surface area (Å²) in [5.74, 6) is 0.462. The molecule has 1 N–H and O–H groups in total. The molecule has 0 bridgehead atoms. The molecule has 0 aromatic heterocycles. The molecule has 1 saturated heterocycles. The third kappa shape index (κ3) is 3.76. The standard InChI is InChI=1S/C20H22N2O5S/c23-20(21-18-8-11-27-19-7-2-1-6-17(18)19)15-4-3-5-16(14-15)28(24,25)22-9-12-26-13-10-22/h1-7,14,18H,8-13H2,(H,21,23)/t18-/m0/s1. The number of nitrogens with one attached hydrogen (secondary N) is 1. The van der Waals surface area contributed by atoms with Crippen molar-refractivity contribution in [3.63, 3.8) is 0 Å². The van der Waals surface area contributed by atoms with E-state index < -0.39 is 10.0 Å². The molecule has 0 radical (unpaired) electrons. The number of carbonyl (C=O) groups is 1. The third-order valence-corrected chi connectivity index (χ3v) is 6.86. The smallest absolute Gasteiger partial charge is 0.251 e. The maximum absolute atomic E-state index is 12.8. The molecule has 0 saturated carbocycles.